The predicted molar refractivity (Wildman–Crippen MR) is 85.1 cm³/mol. The van der Waals surface area contributed by atoms with Crippen LogP contribution in [0.1, 0.15) is 80.5 Å². The molecular formula is C16H35NaOP+. The molecule has 0 aromatic heterocycles. The van der Waals surface area contributed by atoms with Crippen molar-refractivity contribution in [3.8, 4) is 0 Å². The molecule has 0 fully saturated rings. The number of hydrogen-bond acceptors (Lipinski definition) is 1. The average molecular weight is 297 g/mol. The SMILES string of the molecule is CCCCC(CC)C[P+](=O)CC(CC)CCCC.[H-].[Na+]. The van der Waals surface area contributed by atoms with Gasteiger partial charge in [0.2, 0.25) is 0 Å². The van der Waals surface area contributed by atoms with E-state index in [2.05, 4.69) is 27.7 Å². The fourth-order valence-electron chi connectivity index (χ4n) is 2.49. The Morgan fingerprint density at radius 2 is 1.21 bits per heavy atom. The molecule has 0 spiro atoms. The largest absolute Gasteiger partial charge is 1.00 e. The van der Waals surface area contributed by atoms with Gasteiger partial charge in [0.1, 0.15) is 12.3 Å². The predicted octanol–water partition coefficient (Wildman–Crippen LogP) is 3.36. The molecular weight excluding hydrogens is 262 g/mol. The third kappa shape index (κ3) is 12.5. The smallest absolute Gasteiger partial charge is 1.00 e. The summed E-state index contributed by atoms with van der Waals surface area (Å²) in [6.45, 7) is 8.98. The van der Waals surface area contributed by atoms with Gasteiger partial charge in [0.15, 0.2) is 0 Å². The van der Waals surface area contributed by atoms with E-state index in [1.807, 2.05) is 0 Å². The molecule has 0 amide bonds. The van der Waals surface area contributed by atoms with E-state index in [0.29, 0.717) is 11.8 Å². The van der Waals surface area contributed by atoms with E-state index in [9.17, 15) is 4.57 Å². The first-order valence-corrected chi connectivity index (χ1v) is 9.72. The molecule has 0 N–H and O–H groups in total. The van der Waals surface area contributed by atoms with Crippen molar-refractivity contribution >= 4 is 7.80 Å². The summed E-state index contributed by atoms with van der Waals surface area (Å²) in [6.07, 6.45) is 12.0. The van der Waals surface area contributed by atoms with Gasteiger partial charge in [0.05, 0.1) is 0 Å². The monoisotopic (exact) mass is 297 g/mol. The van der Waals surface area contributed by atoms with Gasteiger partial charge in [-0.2, -0.15) is 0 Å². The van der Waals surface area contributed by atoms with Crippen LogP contribution >= 0.6 is 7.80 Å². The second-order valence-electron chi connectivity index (χ2n) is 5.68. The Bertz CT molecular complexity index is 195. The van der Waals surface area contributed by atoms with Gasteiger partial charge in [-0.15, -0.1) is 0 Å². The molecule has 110 valence electrons. The minimum absolute atomic E-state index is 0. The molecule has 0 saturated heterocycles. The maximum Gasteiger partial charge on any atom is 1.00 e. The minimum atomic E-state index is -0.954. The molecule has 0 rings (SSSR count). The van der Waals surface area contributed by atoms with Gasteiger partial charge in [-0.25, -0.2) is 0 Å². The number of unbranched alkanes of at least 4 members (excludes halogenated alkanes) is 2. The topological polar surface area (TPSA) is 17.1 Å². The van der Waals surface area contributed by atoms with E-state index in [0.717, 1.165) is 12.3 Å². The zero-order chi connectivity index (χ0) is 13.8. The second kappa shape index (κ2) is 15.5. The molecule has 2 unspecified atom stereocenters. The fraction of sp³-hybridized carbons (Fsp3) is 1.00. The van der Waals surface area contributed by atoms with Crippen LogP contribution in [0.15, 0.2) is 0 Å². The fourth-order valence-corrected chi connectivity index (χ4v) is 4.67. The molecule has 0 aliphatic rings. The van der Waals surface area contributed by atoms with E-state index >= 15 is 0 Å². The molecule has 0 aromatic rings. The minimum Gasteiger partial charge on any atom is -1.00 e. The first-order valence-electron chi connectivity index (χ1n) is 8.09. The van der Waals surface area contributed by atoms with Gasteiger partial charge in [0, 0.05) is 11.8 Å². The van der Waals surface area contributed by atoms with E-state index in [4.69, 9.17) is 0 Å². The van der Waals surface area contributed by atoms with Crippen LogP contribution in [0.5, 0.6) is 0 Å². The van der Waals surface area contributed by atoms with E-state index in [1.165, 1.54) is 51.4 Å². The van der Waals surface area contributed by atoms with Crippen molar-refractivity contribution in [3.63, 3.8) is 0 Å². The molecule has 0 bridgehead atoms. The van der Waals surface area contributed by atoms with Crippen molar-refractivity contribution in [2.24, 2.45) is 11.8 Å². The van der Waals surface area contributed by atoms with Crippen LogP contribution in [0.2, 0.25) is 0 Å². The van der Waals surface area contributed by atoms with Gasteiger partial charge >= 0.3 is 37.4 Å². The first-order chi connectivity index (χ1) is 8.67. The molecule has 0 aromatic carbocycles. The number of rotatable bonds is 12. The van der Waals surface area contributed by atoms with Gasteiger partial charge in [0.25, 0.3) is 0 Å². The molecule has 0 radical (unpaired) electrons. The van der Waals surface area contributed by atoms with Crippen LogP contribution in [0, 0.1) is 11.8 Å². The number of hydrogen-bond donors (Lipinski definition) is 0. The molecule has 3 heteroatoms. The van der Waals surface area contributed by atoms with Crippen LogP contribution < -0.4 is 29.6 Å². The summed E-state index contributed by atoms with van der Waals surface area (Å²) in [7, 11) is -0.954. The zero-order valence-electron chi connectivity index (χ0n) is 15.1. The average Bonchev–Trinajstić information content (AvgIpc) is 2.39. The van der Waals surface area contributed by atoms with Crippen molar-refractivity contribution < 1.29 is 35.5 Å². The third-order valence-corrected chi connectivity index (χ3v) is 5.86. The van der Waals surface area contributed by atoms with Crippen LogP contribution in [0.4, 0.5) is 0 Å². The maximum absolute atomic E-state index is 12.3. The Labute approximate surface area is 146 Å². The summed E-state index contributed by atoms with van der Waals surface area (Å²) < 4.78 is 12.3. The van der Waals surface area contributed by atoms with Crippen LogP contribution in [0.25, 0.3) is 0 Å². The summed E-state index contributed by atoms with van der Waals surface area (Å²) >= 11 is 0. The Morgan fingerprint density at radius 3 is 1.47 bits per heavy atom. The zero-order valence-corrected chi connectivity index (χ0v) is 17.0. The summed E-state index contributed by atoms with van der Waals surface area (Å²) in [5.74, 6) is 1.41. The maximum atomic E-state index is 12.3. The second-order valence-corrected chi connectivity index (χ2v) is 7.37. The van der Waals surface area contributed by atoms with Crippen molar-refractivity contribution in [1.29, 1.82) is 0 Å². The first kappa shape index (κ1) is 22.4. The quantitative estimate of drug-likeness (QED) is 0.399. The van der Waals surface area contributed by atoms with Gasteiger partial charge in [-0.3, -0.25) is 0 Å². The molecule has 1 nitrogen and oxygen atoms in total. The van der Waals surface area contributed by atoms with Crippen molar-refractivity contribution in [2.75, 3.05) is 12.3 Å². The molecule has 0 saturated carbocycles. The molecule has 0 aliphatic carbocycles. The third-order valence-electron chi connectivity index (χ3n) is 4.01. The van der Waals surface area contributed by atoms with Gasteiger partial charge in [-0.05, 0) is 25.7 Å². The van der Waals surface area contributed by atoms with Crippen molar-refractivity contribution in [1.82, 2.24) is 0 Å². The molecule has 2 atom stereocenters. The Kier molecular flexibility index (Phi) is 18.2. The Morgan fingerprint density at radius 1 is 0.842 bits per heavy atom. The van der Waals surface area contributed by atoms with Gasteiger partial charge < -0.3 is 1.43 Å². The molecule has 19 heavy (non-hydrogen) atoms. The van der Waals surface area contributed by atoms with E-state index in [1.54, 1.807) is 0 Å². The standard InChI is InChI=1S/C16H34OP.Na.H/c1-5-9-11-15(7-3)13-18(17)14-16(8-4)12-10-6-2;;/h15-16H,5-14H2,1-4H3;;/q2*+1;-1. The summed E-state index contributed by atoms with van der Waals surface area (Å²) in [6, 6.07) is 0. The summed E-state index contributed by atoms with van der Waals surface area (Å²) in [4.78, 5) is 0. The normalized spacial score (nSPS) is 14.6. The molecule has 0 aliphatic heterocycles. The van der Waals surface area contributed by atoms with Crippen molar-refractivity contribution in [2.45, 2.75) is 79.1 Å². The summed E-state index contributed by atoms with van der Waals surface area (Å²) in [5.41, 5.74) is 0. The summed E-state index contributed by atoms with van der Waals surface area (Å²) in [5, 5.41) is 0. The van der Waals surface area contributed by atoms with Crippen LogP contribution in [0.3, 0.4) is 0 Å². The molecule has 0 heterocycles. The van der Waals surface area contributed by atoms with E-state index in [-0.39, 0.29) is 31.0 Å². The van der Waals surface area contributed by atoms with Gasteiger partial charge in [-0.1, -0.05) is 57.9 Å². The van der Waals surface area contributed by atoms with Crippen LogP contribution in [-0.4, -0.2) is 12.3 Å². The van der Waals surface area contributed by atoms with Crippen molar-refractivity contribution in [3.05, 3.63) is 0 Å². The Balaban J connectivity index is -0.00000144. The van der Waals surface area contributed by atoms with Crippen LogP contribution in [-0.2, 0) is 4.57 Å². The van der Waals surface area contributed by atoms with E-state index < -0.39 is 7.80 Å². The Hall–Kier alpha value is 1.10.